The van der Waals surface area contributed by atoms with Gasteiger partial charge in [0.2, 0.25) is 5.91 Å². The van der Waals surface area contributed by atoms with Crippen molar-refractivity contribution < 1.29 is 4.79 Å². The van der Waals surface area contributed by atoms with E-state index in [-0.39, 0.29) is 5.91 Å². The quantitative estimate of drug-likeness (QED) is 0.661. The van der Waals surface area contributed by atoms with Gasteiger partial charge in [0, 0.05) is 26.7 Å². The largest absolute Gasteiger partial charge is 0.341 e. The van der Waals surface area contributed by atoms with Crippen molar-refractivity contribution in [3.8, 4) is 0 Å². The Morgan fingerprint density at radius 3 is 3.07 bits per heavy atom. The third-order valence-corrected chi connectivity index (χ3v) is 2.62. The third-order valence-electron chi connectivity index (χ3n) is 2.62. The van der Waals surface area contributed by atoms with Crippen LogP contribution < -0.4 is 5.32 Å². The number of carbonyl (C=O) groups excluding carboxylic acids is 1. The molecule has 4 nitrogen and oxygen atoms in total. The highest BCUT2D eigenvalue weighted by Crippen LogP contribution is 1.97. The van der Waals surface area contributed by atoms with Gasteiger partial charge in [-0.2, -0.15) is 0 Å². The number of nitrogens with zero attached hydrogens (tertiary/aromatic N) is 2. The number of rotatable bonds is 4. The summed E-state index contributed by atoms with van der Waals surface area (Å²) in [5, 5.41) is 3.32. The molecule has 0 aliphatic carbocycles. The first-order valence-electron chi connectivity index (χ1n) is 5.52. The summed E-state index contributed by atoms with van der Waals surface area (Å²) >= 11 is 0. The van der Waals surface area contributed by atoms with Crippen molar-refractivity contribution in [1.29, 1.82) is 0 Å². The van der Waals surface area contributed by atoms with Crippen LogP contribution in [0.1, 0.15) is 6.42 Å². The van der Waals surface area contributed by atoms with E-state index < -0.39 is 0 Å². The van der Waals surface area contributed by atoms with E-state index in [9.17, 15) is 4.79 Å². The molecule has 1 saturated heterocycles. The monoisotopic (exact) mass is 211 g/mol. The minimum atomic E-state index is 0.178. The zero-order valence-corrected chi connectivity index (χ0v) is 9.54. The summed E-state index contributed by atoms with van der Waals surface area (Å²) < 4.78 is 0. The van der Waals surface area contributed by atoms with E-state index >= 15 is 0 Å². The molecule has 0 saturated carbocycles. The van der Waals surface area contributed by atoms with Crippen molar-refractivity contribution in [3.05, 3.63) is 12.7 Å². The van der Waals surface area contributed by atoms with Crippen molar-refractivity contribution in [3.63, 3.8) is 0 Å². The van der Waals surface area contributed by atoms with Crippen molar-refractivity contribution in [2.75, 3.05) is 46.3 Å². The van der Waals surface area contributed by atoms with E-state index in [2.05, 4.69) is 16.8 Å². The second-order valence-electron chi connectivity index (χ2n) is 3.94. The summed E-state index contributed by atoms with van der Waals surface area (Å²) in [5.74, 6) is 0.178. The predicted molar refractivity (Wildman–Crippen MR) is 61.8 cm³/mol. The molecule has 1 aliphatic rings. The van der Waals surface area contributed by atoms with Gasteiger partial charge in [0.1, 0.15) is 0 Å². The minimum absolute atomic E-state index is 0.178. The Balaban J connectivity index is 2.31. The van der Waals surface area contributed by atoms with Crippen LogP contribution in [0.4, 0.5) is 0 Å². The second-order valence-corrected chi connectivity index (χ2v) is 3.94. The first kappa shape index (κ1) is 12.2. The molecule has 86 valence electrons. The van der Waals surface area contributed by atoms with Gasteiger partial charge in [-0.15, -0.1) is 6.58 Å². The van der Waals surface area contributed by atoms with E-state index in [4.69, 9.17) is 0 Å². The van der Waals surface area contributed by atoms with Crippen molar-refractivity contribution in [2.24, 2.45) is 0 Å². The van der Waals surface area contributed by atoms with Gasteiger partial charge in [-0.05, 0) is 19.5 Å². The highest BCUT2D eigenvalue weighted by molar-refractivity contribution is 5.78. The van der Waals surface area contributed by atoms with Crippen LogP contribution in [0.3, 0.4) is 0 Å². The smallest absolute Gasteiger partial charge is 0.236 e. The number of hydrogen-bond donors (Lipinski definition) is 1. The maximum atomic E-state index is 11.7. The molecule has 0 aromatic heterocycles. The minimum Gasteiger partial charge on any atom is -0.341 e. The topological polar surface area (TPSA) is 35.6 Å². The molecule has 1 heterocycles. The van der Waals surface area contributed by atoms with Crippen molar-refractivity contribution in [1.82, 2.24) is 15.1 Å². The lowest BCUT2D eigenvalue weighted by molar-refractivity contribution is -0.130. The molecule has 0 bridgehead atoms. The molecule has 1 N–H and O–H groups in total. The highest BCUT2D eigenvalue weighted by atomic mass is 16.2. The second kappa shape index (κ2) is 6.58. The number of amides is 1. The summed E-state index contributed by atoms with van der Waals surface area (Å²) in [6, 6.07) is 0. The number of hydrogen-bond acceptors (Lipinski definition) is 3. The fraction of sp³-hybridized carbons (Fsp3) is 0.727. The summed E-state index contributed by atoms with van der Waals surface area (Å²) in [4.78, 5) is 15.7. The van der Waals surface area contributed by atoms with Gasteiger partial charge in [0.25, 0.3) is 0 Å². The lowest BCUT2D eigenvalue weighted by Crippen LogP contribution is -2.39. The molecule has 0 unspecified atom stereocenters. The van der Waals surface area contributed by atoms with Gasteiger partial charge in [-0.25, -0.2) is 0 Å². The Labute approximate surface area is 91.9 Å². The maximum absolute atomic E-state index is 11.7. The third kappa shape index (κ3) is 4.44. The Bertz CT molecular complexity index is 210. The summed E-state index contributed by atoms with van der Waals surface area (Å²) in [7, 11) is 1.82. The molecule has 0 radical (unpaired) electrons. The molecule has 0 atom stereocenters. The Morgan fingerprint density at radius 1 is 1.53 bits per heavy atom. The molecule has 1 rings (SSSR count). The van der Waals surface area contributed by atoms with Crippen LogP contribution in [0.25, 0.3) is 0 Å². The predicted octanol–water partition coefficient (Wildman–Crippen LogP) is -0.0739. The lowest BCUT2D eigenvalue weighted by Gasteiger charge is -2.22. The van der Waals surface area contributed by atoms with Gasteiger partial charge in [0.15, 0.2) is 0 Å². The standard InChI is InChI=1S/C11H21N3O/c1-3-7-13(2)11(15)10-14-8-4-5-12-6-9-14/h3,12H,1,4-10H2,2H3. The first-order valence-corrected chi connectivity index (χ1v) is 5.52. The maximum Gasteiger partial charge on any atom is 0.236 e. The zero-order chi connectivity index (χ0) is 11.1. The number of carbonyl (C=O) groups is 1. The molecule has 15 heavy (non-hydrogen) atoms. The van der Waals surface area contributed by atoms with Crippen LogP contribution in [-0.2, 0) is 4.79 Å². The molecular weight excluding hydrogens is 190 g/mol. The molecule has 1 amide bonds. The fourth-order valence-electron chi connectivity index (χ4n) is 1.67. The lowest BCUT2D eigenvalue weighted by atomic mass is 10.3. The molecule has 1 aliphatic heterocycles. The van der Waals surface area contributed by atoms with Gasteiger partial charge >= 0.3 is 0 Å². The van der Waals surface area contributed by atoms with Gasteiger partial charge in [0.05, 0.1) is 6.54 Å². The number of likely N-dealkylation sites (N-methyl/N-ethyl adjacent to an activating group) is 1. The van der Waals surface area contributed by atoms with Crippen LogP contribution in [0.2, 0.25) is 0 Å². The fourth-order valence-corrected chi connectivity index (χ4v) is 1.67. The first-order chi connectivity index (χ1) is 7.24. The SMILES string of the molecule is C=CCN(C)C(=O)CN1CCCNCC1. The number of nitrogens with one attached hydrogen (secondary N) is 1. The molecule has 1 fully saturated rings. The molecular formula is C11H21N3O. The molecule has 4 heteroatoms. The van der Waals surface area contributed by atoms with Gasteiger partial charge < -0.3 is 10.2 Å². The van der Waals surface area contributed by atoms with E-state index in [1.54, 1.807) is 11.0 Å². The summed E-state index contributed by atoms with van der Waals surface area (Å²) in [5.41, 5.74) is 0. The summed E-state index contributed by atoms with van der Waals surface area (Å²) in [6.07, 6.45) is 2.88. The van der Waals surface area contributed by atoms with Crippen molar-refractivity contribution >= 4 is 5.91 Å². The average Bonchev–Trinajstić information content (AvgIpc) is 2.46. The van der Waals surface area contributed by atoms with Crippen LogP contribution in [0.5, 0.6) is 0 Å². The van der Waals surface area contributed by atoms with E-state index in [0.29, 0.717) is 13.1 Å². The average molecular weight is 211 g/mol. The van der Waals surface area contributed by atoms with Crippen LogP contribution in [0.15, 0.2) is 12.7 Å². The van der Waals surface area contributed by atoms with Crippen LogP contribution >= 0.6 is 0 Å². The van der Waals surface area contributed by atoms with Crippen LogP contribution in [-0.4, -0.2) is 62.0 Å². The normalized spacial score (nSPS) is 18.2. The van der Waals surface area contributed by atoms with Gasteiger partial charge in [-0.1, -0.05) is 6.08 Å². The van der Waals surface area contributed by atoms with Crippen LogP contribution in [0, 0.1) is 0 Å². The molecule has 0 spiro atoms. The Kier molecular flexibility index (Phi) is 5.36. The molecule has 0 aromatic rings. The highest BCUT2D eigenvalue weighted by Gasteiger charge is 2.14. The van der Waals surface area contributed by atoms with E-state index in [1.807, 2.05) is 7.05 Å². The van der Waals surface area contributed by atoms with Crippen molar-refractivity contribution in [2.45, 2.75) is 6.42 Å². The van der Waals surface area contributed by atoms with Gasteiger partial charge in [-0.3, -0.25) is 9.69 Å². The zero-order valence-electron chi connectivity index (χ0n) is 9.54. The summed E-state index contributed by atoms with van der Waals surface area (Å²) in [6.45, 7) is 8.82. The Hall–Kier alpha value is -0.870. The van der Waals surface area contributed by atoms with E-state index in [0.717, 1.165) is 32.6 Å². The Morgan fingerprint density at radius 2 is 2.33 bits per heavy atom. The molecule has 0 aromatic carbocycles. The van der Waals surface area contributed by atoms with E-state index in [1.165, 1.54) is 0 Å².